The zero-order valence-electron chi connectivity index (χ0n) is 21.1. The first-order valence-corrected chi connectivity index (χ1v) is 14.4. The minimum Gasteiger partial charge on any atom is -0.423 e. The first-order chi connectivity index (χ1) is 17.1. The van der Waals surface area contributed by atoms with Crippen molar-refractivity contribution in [2.75, 3.05) is 44.3 Å². The second-order valence-corrected chi connectivity index (χ2v) is 12.7. The molecule has 0 aliphatic carbocycles. The molecule has 0 unspecified atom stereocenters. The van der Waals surface area contributed by atoms with E-state index in [0.717, 1.165) is 28.4 Å². The van der Waals surface area contributed by atoms with E-state index in [1.165, 1.54) is 28.6 Å². The Balaban J connectivity index is 1.47. The molecule has 3 aromatic rings. The number of carbonyl (C=O) groups is 1. The molecule has 0 radical (unpaired) electrons. The topological polar surface area (TPSA) is 89.0 Å². The van der Waals surface area contributed by atoms with E-state index in [2.05, 4.69) is 9.88 Å². The number of sulfonamides is 1. The number of anilines is 1. The van der Waals surface area contributed by atoms with Crippen molar-refractivity contribution in [2.24, 2.45) is 11.8 Å². The fourth-order valence-corrected chi connectivity index (χ4v) is 6.82. The number of ether oxygens (including phenoxy) is 2. The summed E-state index contributed by atoms with van der Waals surface area (Å²) in [5.41, 5.74) is 1.13. The number of hydrogen-bond acceptors (Lipinski definition) is 8. The largest absolute Gasteiger partial charge is 0.423 e. The lowest BCUT2D eigenvalue weighted by molar-refractivity contribution is 0.0735. The standard InChI is InChI=1S/C26H33N3O5S2/c1-18(2)16-29(17-19(3)4)36(31,32)22-8-5-20(6-9-22)25(30)34-21-7-10-23-24(15-21)35-26(27-23)28-11-13-33-14-12-28/h5-10,15,18-19H,11-14,16-17H2,1-4H3. The van der Waals surface area contributed by atoms with Crippen molar-refractivity contribution in [1.82, 2.24) is 9.29 Å². The number of benzene rings is 2. The van der Waals surface area contributed by atoms with Gasteiger partial charge in [-0.1, -0.05) is 39.0 Å². The lowest BCUT2D eigenvalue weighted by Gasteiger charge is -2.25. The lowest BCUT2D eigenvalue weighted by Crippen LogP contribution is -2.37. The van der Waals surface area contributed by atoms with E-state index in [1.54, 1.807) is 17.4 Å². The minimum absolute atomic E-state index is 0.169. The molecule has 1 fully saturated rings. The third kappa shape index (κ3) is 6.23. The molecule has 0 spiro atoms. The summed E-state index contributed by atoms with van der Waals surface area (Å²) in [5, 5.41) is 0.928. The second kappa shape index (κ2) is 11.2. The summed E-state index contributed by atoms with van der Waals surface area (Å²) in [6.07, 6.45) is 0. The van der Waals surface area contributed by atoms with E-state index in [1.807, 2.05) is 39.8 Å². The second-order valence-electron chi connectivity index (χ2n) is 9.75. The number of hydrogen-bond donors (Lipinski definition) is 0. The Hall–Kier alpha value is -2.53. The van der Waals surface area contributed by atoms with Crippen molar-refractivity contribution in [3.63, 3.8) is 0 Å². The zero-order valence-corrected chi connectivity index (χ0v) is 22.8. The van der Waals surface area contributed by atoms with Gasteiger partial charge in [0.1, 0.15) is 5.75 Å². The first kappa shape index (κ1) is 26.5. The maximum Gasteiger partial charge on any atom is 0.343 e. The number of esters is 1. The van der Waals surface area contributed by atoms with Gasteiger partial charge < -0.3 is 14.4 Å². The lowest BCUT2D eigenvalue weighted by atomic mass is 10.2. The number of nitrogens with zero attached hydrogens (tertiary/aromatic N) is 3. The van der Waals surface area contributed by atoms with Crippen LogP contribution in [0.4, 0.5) is 5.13 Å². The molecule has 8 nitrogen and oxygen atoms in total. The van der Waals surface area contributed by atoms with E-state index in [9.17, 15) is 13.2 Å². The summed E-state index contributed by atoms with van der Waals surface area (Å²) in [4.78, 5) is 19.8. The van der Waals surface area contributed by atoms with E-state index in [-0.39, 0.29) is 22.3 Å². The average Bonchev–Trinajstić information content (AvgIpc) is 3.27. The Labute approximate surface area is 216 Å². The van der Waals surface area contributed by atoms with Crippen LogP contribution in [0.2, 0.25) is 0 Å². The Morgan fingerprint density at radius 1 is 1.06 bits per heavy atom. The van der Waals surface area contributed by atoms with Crippen LogP contribution >= 0.6 is 11.3 Å². The fraction of sp³-hybridized carbons (Fsp3) is 0.462. The SMILES string of the molecule is CC(C)CN(CC(C)C)S(=O)(=O)c1ccc(C(=O)Oc2ccc3nc(N4CCOCC4)sc3c2)cc1. The Morgan fingerprint density at radius 2 is 1.69 bits per heavy atom. The Morgan fingerprint density at radius 3 is 2.31 bits per heavy atom. The van der Waals surface area contributed by atoms with E-state index in [4.69, 9.17) is 9.47 Å². The normalized spacial score (nSPS) is 14.8. The highest BCUT2D eigenvalue weighted by Crippen LogP contribution is 2.32. The van der Waals surface area contributed by atoms with Crippen molar-refractivity contribution in [1.29, 1.82) is 0 Å². The van der Waals surface area contributed by atoms with Gasteiger partial charge in [0, 0.05) is 32.2 Å². The zero-order chi connectivity index (χ0) is 25.9. The van der Waals surface area contributed by atoms with Crippen LogP contribution in [-0.4, -0.2) is 63.1 Å². The number of carbonyl (C=O) groups excluding carboxylic acids is 1. The van der Waals surface area contributed by atoms with Gasteiger partial charge in [-0.2, -0.15) is 4.31 Å². The Bertz CT molecular complexity index is 1290. The van der Waals surface area contributed by atoms with Gasteiger partial charge in [0.2, 0.25) is 10.0 Å². The quantitative estimate of drug-likeness (QED) is 0.293. The molecule has 1 aromatic heterocycles. The molecule has 0 amide bonds. The van der Waals surface area contributed by atoms with E-state index < -0.39 is 16.0 Å². The van der Waals surface area contributed by atoms with Crippen LogP contribution in [0.1, 0.15) is 38.1 Å². The molecule has 0 N–H and O–H groups in total. The number of thiazole rings is 1. The molecule has 1 saturated heterocycles. The van der Waals surface area contributed by atoms with Crippen LogP contribution in [0.25, 0.3) is 10.2 Å². The monoisotopic (exact) mass is 531 g/mol. The highest BCUT2D eigenvalue weighted by molar-refractivity contribution is 7.89. The van der Waals surface area contributed by atoms with Crippen LogP contribution < -0.4 is 9.64 Å². The molecule has 2 aromatic carbocycles. The van der Waals surface area contributed by atoms with Gasteiger partial charge in [0.05, 0.1) is 33.9 Å². The molecule has 0 bridgehead atoms. The molecule has 1 aliphatic heterocycles. The predicted octanol–water partition coefficient (Wildman–Crippen LogP) is 4.65. The first-order valence-electron chi connectivity index (χ1n) is 12.2. The van der Waals surface area contributed by atoms with Crippen LogP contribution in [0, 0.1) is 11.8 Å². The van der Waals surface area contributed by atoms with Gasteiger partial charge in [-0.3, -0.25) is 0 Å². The van der Waals surface area contributed by atoms with Crippen molar-refractivity contribution in [2.45, 2.75) is 32.6 Å². The van der Waals surface area contributed by atoms with Crippen LogP contribution in [-0.2, 0) is 14.8 Å². The maximum atomic E-state index is 13.2. The summed E-state index contributed by atoms with van der Waals surface area (Å²) in [5.74, 6) is 0.279. The summed E-state index contributed by atoms with van der Waals surface area (Å²) in [7, 11) is -3.66. The van der Waals surface area contributed by atoms with E-state index in [0.29, 0.717) is 32.1 Å². The molecule has 36 heavy (non-hydrogen) atoms. The molecule has 2 heterocycles. The van der Waals surface area contributed by atoms with Gasteiger partial charge in [0.25, 0.3) is 0 Å². The molecule has 4 rings (SSSR count). The molecular weight excluding hydrogens is 498 g/mol. The molecular formula is C26H33N3O5S2. The van der Waals surface area contributed by atoms with Crippen molar-refractivity contribution < 1.29 is 22.7 Å². The molecule has 0 saturated carbocycles. The molecule has 10 heteroatoms. The number of aromatic nitrogens is 1. The highest BCUT2D eigenvalue weighted by Gasteiger charge is 2.26. The number of rotatable bonds is 9. The Kier molecular flexibility index (Phi) is 8.29. The van der Waals surface area contributed by atoms with Gasteiger partial charge in [-0.15, -0.1) is 0 Å². The fourth-order valence-electron chi connectivity index (χ4n) is 4.01. The third-order valence-corrected chi connectivity index (χ3v) is 8.63. The van der Waals surface area contributed by atoms with Crippen molar-refractivity contribution in [3.05, 3.63) is 48.0 Å². The predicted molar refractivity (Wildman–Crippen MR) is 142 cm³/mol. The average molecular weight is 532 g/mol. The van der Waals surface area contributed by atoms with Gasteiger partial charge in [-0.25, -0.2) is 18.2 Å². The summed E-state index contributed by atoms with van der Waals surface area (Å²) >= 11 is 1.55. The van der Waals surface area contributed by atoms with Crippen LogP contribution in [0.15, 0.2) is 47.4 Å². The summed E-state index contributed by atoms with van der Waals surface area (Å²) in [6, 6.07) is 11.3. The molecule has 1 aliphatic rings. The molecule has 0 atom stereocenters. The minimum atomic E-state index is -3.66. The summed E-state index contributed by atoms with van der Waals surface area (Å²) < 4.78 is 39.9. The smallest absolute Gasteiger partial charge is 0.343 e. The number of fused-ring (bicyclic) bond motifs is 1. The number of morpholine rings is 1. The van der Waals surface area contributed by atoms with Gasteiger partial charge >= 0.3 is 5.97 Å². The van der Waals surface area contributed by atoms with Crippen LogP contribution in [0.5, 0.6) is 5.75 Å². The molecule has 194 valence electrons. The summed E-state index contributed by atoms with van der Waals surface area (Å²) in [6.45, 7) is 11.8. The maximum absolute atomic E-state index is 13.2. The van der Waals surface area contributed by atoms with Crippen molar-refractivity contribution >= 4 is 42.7 Å². The highest BCUT2D eigenvalue weighted by atomic mass is 32.2. The van der Waals surface area contributed by atoms with Gasteiger partial charge in [0.15, 0.2) is 5.13 Å². The van der Waals surface area contributed by atoms with Crippen molar-refractivity contribution in [3.8, 4) is 5.75 Å². The third-order valence-electron chi connectivity index (χ3n) is 5.71. The van der Waals surface area contributed by atoms with E-state index >= 15 is 0 Å². The van der Waals surface area contributed by atoms with Crippen LogP contribution in [0.3, 0.4) is 0 Å². The van der Waals surface area contributed by atoms with Gasteiger partial charge in [-0.05, 0) is 48.2 Å².